The summed E-state index contributed by atoms with van der Waals surface area (Å²) in [7, 11) is 0. The maximum Gasteiger partial charge on any atom is 0.246 e. The first kappa shape index (κ1) is 12.5. The third-order valence-corrected chi connectivity index (χ3v) is 2.52. The van der Waals surface area contributed by atoms with E-state index < -0.39 is 0 Å². The molecule has 0 aromatic rings. The zero-order chi connectivity index (χ0) is 11.3. The molecule has 15 heavy (non-hydrogen) atoms. The molecular weight excluding hydrogens is 192 g/mol. The molecule has 2 unspecified atom stereocenters. The minimum atomic E-state index is -0.0244. The number of hydrogen-bond acceptors (Lipinski definition) is 3. The first-order valence-electron chi connectivity index (χ1n) is 5.72. The zero-order valence-electron chi connectivity index (χ0n) is 9.88. The number of hydrogen-bond donors (Lipinski definition) is 2. The Morgan fingerprint density at radius 1 is 1.53 bits per heavy atom. The normalized spacial score (nSPS) is 26.7. The van der Waals surface area contributed by atoms with E-state index in [9.17, 15) is 4.79 Å². The molecule has 0 bridgehead atoms. The van der Waals surface area contributed by atoms with Gasteiger partial charge in [0.25, 0.3) is 0 Å². The summed E-state index contributed by atoms with van der Waals surface area (Å²) in [5.74, 6) is -0.0244. The molecule has 1 rings (SSSR count). The van der Waals surface area contributed by atoms with Crippen LogP contribution in [0.5, 0.6) is 0 Å². The van der Waals surface area contributed by atoms with Crippen LogP contribution in [0.25, 0.3) is 0 Å². The average molecular weight is 214 g/mol. The zero-order valence-corrected chi connectivity index (χ0v) is 9.88. The van der Waals surface area contributed by atoms with Crippen LogP contribution in [0.3, 0.4) is 0 Å². The van der Waals surface area contributed by atoms with Gasteiger partial charge >= 0.3 is 0 Å². The van der Waals surface area contributed by atoms with E-state index in [4.69, 9.17) is 4.74 Å². The van der Waals surface area contributed by atoms with Crippen molar-refractivity contribution in [2.24, 2.45) is 0 Å². The lowest BCUT2D eigenvalue weighted by Crippen LogP contribution is -2.42. The second-order valence-corrected chi connectivity index (χ2v) is 4.54. The van der Waals surface area contributed by atoms with Gasteiger partial charge in [0, 0.05) is 18.6 Å². The number of carbonyl (C=O) groups is 1. The summed E-state index contributed by atoms with van der Waals surface area (Å²) in [4.78, 5) is 11.3. The molecule has 1 fully saturated rings. The SMILES string of the molecule is CC(C)NC(=O)COC1CCC(C)NC1. The van der Waals surface area contributed by atoms with Crippen molar-refractivity contribution in [1.29, 1.82) is 0 Å². The molecule has 1 aliphatic rings. The fourth-order valence-corrected chi connectivity index (χ4v) is 1.67. The van der Waals surface area contributed by atoms with Gasteiger partial charge in [0.05, 0.1) is 6.10 Å². The van der Waals surface area contributed by atoms with Crippen molar-refractivity contribution in [2.45, 2.75) is 51.8 Å². The molecular formula is C11H22N2O2. The van der Waals surface area contributed by atoms with Gasteiger partial charge in [-0.05, 0) is 33.6 Å². The van der Waals surface area contributed by atoms with Crippen molar-refractivity contribution in [1.82, 2.24) is 10.6 Å². The highest BCUT2D eigenvalue weighted by atomic mass is 16.5. The van der Waals surface area contributed by atoms with Gasteiger partial charge in [-0.3, -0.25) is 4.79 Å². The lowest BCUT2D eigenvalue weighted by molar-refractivity contribution is -0.128. The number of amides is 1. The predicted molar refractivity (Wildman–Crippen MR) is 59.7 cm³/mol. The molecule has 2 atom stereocenters. The van der Waals surface area contributed by atoms with Gasteiger partial charge in [-0.25, -0.2) is 0 Å². The molecule has 0 aromatic carbocycles. The standard InChI is InChI=1S/C11H22N2O2/c1-8(2)13-11(14)7-15-10-5-4-9(3)12-6-10/h8-10,12H,4-7H2,1-3H3,(H,13,14). The molecule has 4 heteroatoms. The predicted octanol–water partition coefficient (Wildman–Crippen LogP) is 0.668. The molecule has 0 saturated carbocycles. The average Bonchev–Trinajstić information content (AvgIpc) is 2.16. The second-order valence-electron chi connectivity index (χ2n) is 4.54. The van der Waals surface area contributed by atoms with Crippen molar-refractivity contribution in [3.05, 3.63) is 0 Å². The number of rotatable bonds is 4. The van der Waals surface area contributed by atoms with Gasteiger partial charge in [-0.1, -0.05) is 0 Å². The van der Waals surface area contributed by atoms with Crippen LogP contribution in [0.1, 0.15) is 33.6 Å². The lowest BCUT2D eigenvalue weighted by atomic mass is 10.0. The fraction of sp³-hybridized carbons (Fsp3) is 0.909. The first-order chi connectivity index (χ1) is 7.08. The van der Waals surface area contributed by atoms with E-state index in [-0.39, 0.29) is 24.7 Å². The molecule has 1 heterocycles. The minimum Gasteiger partial charge on any atom is -0.367 e. The van der Waals surface area contributed by atoms with E-state index in [1.807, 2.05) is 13.8 Å². The van der Waals surface area contributed by atoms with Crippen LogP contribution in [0.15, 0.2) is 0 Å². The van der Waals surface area contributed by atoms with E-state index in [1.165, 1.54) is 0 Å². The van der Waals surface area contributed by atoms with Gasteiger partial charge in [0.2, 0.25) is 5.91 Å². The van der Waals surface area contributed by atoms with Crippen LogP contribution in [0.4, 0.5) is 0 Å². The Balaban J connectivity index is 2.12. The number of ether oxygens (including phenoxy) is 1. The highest BCUT2D eigenvalue weighted by molar-refractivity contribution is 5.77. The van der Waals surface area contributed by atoms with Crippen LogP contribution in [0.2, 0.25) is 0 Å². The molecule has 0 aromatic heterocycles. The van der Waals surface area contributed by atoms with Crippen LogP contribution in [-0.2, 0) is 9.53 Å². The van der Waals surface area contributed by atoms with Gasteiger partial charge < -0.3 is 15.4 Å². The third kappa shape index (κ3) is 5.14. The quantitative estimate of drug-likeness (QED) is 0.723. The van der Waals surface area contributed by atoms with Gasteiger partial charge in [0.1, 0.15) is 6.61 Å². The molecule has 0 radical (unpaired) electrons. The third-order valence-electron chi connectivity index (χ3n) is 2.52. The summed E-state index contributed by atoms with van der Waals surface area (Å²) >= 11 is 0. The summed E-state index contributed by atoms with van der Waals surface area (Å²) in [6, 6.07) is 0.764. The second kappa shape index (κ2) is 6.08. The maximum absolute atomic E-state index is 11.3. The van der Waals surface area contributed by atoms with Crippen molar-refractivity contribution in [3.8, 4) is 0 Å². The molecule has 4 nitrogen and oxygen atoms in total. The molecule has 2 N–H and O–H groups in total. The Morgan fingerprint density at radius 2 is 2.27 bits per heavy atom. The summed E-state index contributed by atoms with van der Waals surface area (Å²) in [5, 5.41) is 6.15. The van der Waals surface area contributed by atoms with Crippen molar-refractivity contribution >= 4 is 5.91 Å². The molecule has 1 saturated heterocycles. The van der Waals surface area contributed by atoms with Gasteiger partial charge in [0.15, 0.2) is 0 Å². The molecule has 1 aliphatic heterocycles. The van der Waals surface area contributed by atoms with Crippen molar-refractivity contribution < 1.29 is 9.53 Å². The Bertz CT molecular complexity index is 199. The summed E-state index contributed by atoms with van der Waals surface area (Å²) in [6.45, 7) is 7.10. The first-order valence-corrected chi connectivity index (χ1v) is 5.72. The Labute approximate surface area is 91.8 Å². The molecule has 0 spiro atoms. The molecule has 1 amide bonds. The van der Waals surface area contributed by atoms with Crippen LogP contribution >= 0.6 is 0 Å². The van der Waals surface area contributed by atoms with Gasteiger partial charge in [-0.2, -0.15) is 0 Å². The van der Waals surface area contributed by atoms with Crippen LogP contribution < -0.4 is 10.6 Å². The van der Waals surface area contributed by atoms with E-state index in [0.717, 1.165) is 19.4 Å². The van der Waals surface area contributed by atoms with Gasteiger partial charge in [-0.15, -0.1) is 0 Å². The van der Waals surface area contributed by atoms with E-state index in [1.54, 1.807) is 0 Å². The number of carbonyl (C=O) groups excluding carboxylic acids is 1. The Morgan fingerprint density at radius 3 is 2.80 bits per heavy atom. The summed E-state index contributed by atoms with van der Waals surface area (Å²) in [6.07, 6.45) is 2.36. The van der Waals surface area contributed by atoms with Crippen LogP contribution in [0, 0.1) is 0 Å². The Hall–Kier alpha value is -0.610. The number of nitrogens with one attached hydrogen (secondary N) is 2. The van der Waals surface area contributed by atoms with E-state index in [2.05, 4.69) is 17.6 Å². The molecule has 0 aliphatic carbocycles. The maximum atomic E-state index is 11.3. The van der Waals surface area contributed by atoms with E-state index in [0.29, 0.717) is 6.04 Å². The smallest absolute Gasteiger partial charge is 0.246 e. The fourth-order valence-electron chi connectivity index (χ4n) is 1.67. The highest BCUT2D eigenvalue weighted by Gasteiger charge is 2.18. The van der Waals surface area contributed by atoms with Crippen molar-refractivity contribution in [2.75, 3.05) is 13.2 Å². The summed E-state index contributed by atoms with van der Waals surface area (Å²) in [5.41, 5.74) is 0. The highest BCUT2D eigenvalue weighted by Crippen LogP contribution is 2.10. The number of piperidine rings is 1. The van der Waals surface area contributed by atoms with Crippen molar-refractivity contribution in [3.63, 3.8) is 0 Å². The lowest BCUT2D eigenvalue weighted by Gasteiger charge is -2.27. The topological polar surface area (TPSA) is 50.4 Å². The minimum absolute atomic E-state index is 0.0244. The monoisotopic (exact) mass is 214 g/mol. The molecule has 88 valence electrons. The van der Waals surface area contributed by atoms with Crippen LogP contribution in [-0.4, -0.2) is 37.2 Å². The van der Waals surface area contributed by atoms with E-state index >= 15 is 0 Å². The summed E-state index contributed by atoms with van der Waals surface area (Å²) < 4.78 is 5.52. The Kier molecular flexibility index (Phi) is 5.05. The largest absolute Gasteiger partial charge is 0.367 e.